The van der Waals surface area contributed by atoms with Crippen LogP contribution in [0.15, 0.2) is 30.6 Å². The predicted molar refractivity (Wildman–Crippen MR) is 125 cm³/mol. The van der Waals surface area contributed by atoms with Crippen LogP contribution in [0.4, 0.5) is 0 Å². The van der Waals surface area contributed by atoms with Crippen molar-refractivity contribution in [3.63, 3.8) is 0 Å². The molecule has 168 valence electrons. The third-order valence-corrected chi connectivity index (χ3v) is 10.8. The van der Waals surface area contributed by atoms with Crippen molar-refractivity contribution in [3.05, 3.63) is 36.3 Å². The molecule has 4 aliphatic carbocycles. The molecule has 0 radical (unpaired) electrons. The fourth-order valence-electron chi connectivity index (χ4n) is 9.42. The van der Waals surface area contributed by atoms with E-state index in [1.165, 1.54) is 63.5 Å². The number of hydrogen-bond donors (Lipinski definition) is 0. The molecule has 2 aromatic heterocycles. The van der Waals surface area contributed by atoms with Crippen LogP contribution in [0.5, 0.6) is 0 Å². The Hall–Kier alpha value is -1.35. The first-order valence-corrected chi connectivity index (χ1v) is 13.0. The molecule has 0 saturated heterocycles. The number of hydrogen-bond acceptors (Lipinski definition) is 2. The van der Waals surface area contributed by atoms with Crippen LogP contribution in [0.1, 0.15) is 83.2 Å². The highest BCUT2D eigenvalue weighted by Crippen LogP contribution is 2.69. The summed E-state index contributed by atoms with van der Waals surface area (Å²) in [4.78, 5) is 5.09. The molecular formula is C28H40N2O. The molecule has 31 heavy (non-hydrogen) atoms. The molecule has 0 bridgehead atoms. The van der Waals surface area contributed by atoms with Crippen LogP contribution in [-0.4, -0.2) is 23.1 Å². The molecule has 6 rings (SSSR count). The summed E-state index contributed by atoms with van der Waals surface area (Å²) in [5.41, 5.74) is 3.34. The molecule has 2 aromatic rings. The highest BCUT2D eigenvalue weighted by molar-refractivity contribution is 5.40. The van der Waals surface area contributed by atoms with Crippen molar-refractivity contribution in [1.82, 2.24) is 9.38 Å². The average Bonchev–Trinajstić information content (AvgIpc) is 3.34. The van der Waals surface area contributed by atoms with Gasteiger partial charge < -0.3 is 9.14 Å². The Kier molecular flexibility index (Phi) is 4.80. The molecule has 0 amide bonds. The van der Waals surface area contributed by atoms with E-state index in [4.69, 9.17) is 9.72 Å². The number of methoxy groups -OCH3 is 1. The second-order valence-electron chi connectivity index (χ2n) is 12.0. The Bertz CT molecular complexity index is 918. The van der Waals surface area contributed by atoms with Crippen LogP contribution in [0.25, 0.3) is 5.65 Å². The summed E-state index contributed by atoms with van der Waals surface area (Å²) < 4.78 is 8.20. The normalized spacial score (nSPS) is 44.6. The van der Waals surface area contributed by atoms with Gasteiger partial charge in [-0.1, -0.05) is 26.3 Å². The Morgan fingerprint density at radius 2 is 1.97 bits per heavy atom. The summed E-state index contributed by atoms with van der Waals surface area (Å²) in [6.45, 7) is 6.12. The van der Waals surface area contributed by atoms with Crippen molar-refractivity contribution in [2.75, 3.05) is 13.7 Å². The number of fused-ring (bicyclic) bond motifs is 6. The second kappa shape index (κ2) is 7.33. The van der Waals surface area contributed by atoms with E-state index < -0.39 is 0 Å². The molecule has 4 saturated carbocycles. The fraction of sp³-hybridized carbons (Fsp3) is 0.750. The molecule has 0 spiro atoms. The predicted octanol–water partition coefficient (Wildman–Crippen LogP) is 6.72. The van der Waals surface area contributed by atoms with Gasteiger partial charge in [0.05, 0.1) is 12.3 Å². The smallest absolute Gasteiger partial charge is 0.136 e. The molecule has 3 nitrogen and oxygen atoms in total. The van der Waals surface area contributed by atoms with E-state index in [9.17, 15) is 0 Å². The van der Waals surface area contributed by atoms with Crippen LogP contribution in [0.3, 0.4) is 0 Å². The zero-order valence-electron chi connectivity index (χ0n) is 19.7. The van der Waals surface area contributed by atoms with Gasteiger partial charge in [-0.05, 0) is 104 Å². The third-order valence-electron chi connectivity index (χ3n) is 10.8. The number of imidazole rings is 1. The highest BCUT2D eigenvalue weighted by Gasteiger charge is 2.61. The van der Waals surface area contributed by atoms with E-state index in [2.05, 4.69) is 48.8 Å². The number of rotatable bonds is 3. The van der Waals surface area contributed by atoms with Gasteiger partial charge in [0.2, 0.25) is 0 Å². The lowest BCUT2D eigenvalue weighted by Gasteiger charge is -2.62. The van der Waals surface area contributed by atoms with Crippen LogP contribution in [0.2, 0.25) is 0 Å². The maximum absolute atomic E-state index is 5.97. The zero-order chi connectivity index (χ0) is 21.2. The standard InChI is InChI=1S/C28H40N2O/c1-19-11-14-28(18-31-3)20(16-19)7-8-21-22-9-10-24(27(22,2)13-12-23(21)28)25-17-30-15-5-4-6-26(30)29-25/h4-6,15,17,19-24H,7-14,16,18H2,1-3H3/t19-,20+,21?,22-,23-,24+,27-,28+/m0/s1. The quantitative estimate of drug-likeness (QED) is 0.551. The third kappa shape index (κ3) is 2.91. The minimum atomic E-state index is 0.419. The van der Waals surface area contributed by atoms with E-state index in [-0.39, 0.29) is 0 Å². The molecule has 0 N–H and O–H groups in total. The van der Waals surface area contributed by atoms with Gasteiger partial charge in [-0.3, -0.25) is 0 Å². The van der Waals surface area contributed by atoms with Crippen LogP contribution < -0.4 is 0 Å². The molecule has 1 unspecified atom stereocenters. The molecule has 3 heteroatoms. The SMILES string of the molecule is COC[C@]12CC[C@H](C)C[C@H]1CCC1[C@@H]3CC[C@H](c4cn5ccccc5n4)[C@@]3(C)CC[C@@H]12. The van der Waals surface area contributed by atoms with E-state index >= 15 is 0 Å². The molecule has 8 atom stereocenters. The van der Waals surface area contributed by atoms with E-state index in [1.807, 2.05) is 7.11 Å². The van der Waals surface area contributed by atoms with Crippen LogP contribution in [-0.2, 0) is 4.74 Å². The first kappa shape index (κ1) is 20.3. The lowest BCUT2D eigenvalue weighted by molar-refractivity contribution is -0.147. The van der Waals surface area contributed by atoms with Crippen LogP contribution in [0, 0.1) is 40.4 Å². The van der Waals surface area contributed by atoms with Gasteiger partial charge in [-0.25, -0.2) is 4.98 Å². The van der Waals surface area contributed by atoms with Gasteiger partial charge in [0.1, 0.15) is 5.65 Å². The van der Waals surface area contributed by atoms with E-state index in [0.29, 0.717) is 16.7 Å². The topological polar surface area (TPSA) is 26.5 Å². The highest BCUT2D eigenvalue weighted by atomic mass is 16.5. The van der Waals surface area contributed by atoms with Gasteiger partial charge >= 0.3 is 0 Å². The minimum absolute atomic E-state index is 0.419. The summed E-state index contributed by atoms with van der Waals surface area (Å²) in [6, 6.07) is 6.37. The molecule has 4 fully saturated rings. The van der Waals surface area contributed by atoms with Crippen LogP contribution >= 0.6 is 0 Å². The zero-order valence-corrected chi connectivity index (χ0v) is 19.7. The molecule has 4 aliphatic rings. The summed E-state index contributed by atoms with van der Waals surface area (Å²) in [7, 11) is 1.95. The van der Waals surface area contributed by atoms with E-state index in [1.54, 1.807) is 0 Å². The number of pyridine rings is 1. The lowest BCUT2D eigenvalue weighted by atomic mass is 9.44. The second-order valence-corrected chi connectivity index (χ2v) is 12.0. The molecule has 2 heterocycles. The first-order chi connectivity index (χ1) is 15.0. The van der Waals surface area contributed by atoms with Gasteiger partial charge in [0, 0.05) is 25.4 Å². The van der Waals surface area contributed by atoms with Crippen molar-refractivity contribution in [3.8, 4) is 0 Å². The fourth-order valence-corrected chi connectivity index (χ4v) is 9.42. The van der Waals surface area contributed by atoms with Gasteiger partial charge in [-0.2, -0.15) is 0 Å². The maximum Gasteiger partial charge on any atom is 0.136 e. The Balaban J connectivity index is 1.32. The van der Waals surface area contributed by atoms with E-state index in [0.717, 1.165) is 41.8 Å². The maximum atomic E-state index is 5.97. The Morgan fingerprint density at radius 3 is 2.81 bits per heavy atom. The van der Waals surface area contributed by atoms with Gasteiger partial charge in [0.25, 0.3) is 0 Å². The first-order valence-electron chi connectivity index (χ1n) is 13.0. The van der Waals surface area contributed by atoms with Crippen molar-refractivity contribution in [1.29, 1.82) is 0 Å². The monoisotopic (exact) mass is 420 g/mol. The number of ether oxygens (including phenoxy) is 1. The van der Waals surface area contributed by atoms with Crippen molar-refractivity contribution in [2.45, 2.75) is 77.6 Å². The summed E-state index contributed by atoms with van der Waals surface area (Å²) in [5.74, 6) is 5.09. The van der Waals surface area contributed by atoms with Crippen molar-refractivity contribution >= 4 is 5.65 Å². The van der Waals surface area contributed by atoms with Gasteiger partial charge in [0.15, 0.2) is 0 Å². The molecule has 0 aromatic carbocycles. The molecule has 0 aliphatic heterocycles. The summed E-state index contributed by atoms with van der Waals surface area (Å²) in [6.07, 6.45) is 17.2. The van der Waals surface area contributed by atoms with Gasteiger partial charge in [-0.15, -0.1) is 0 Å². The summed E-state index contributed by atoms with van der Waals surface area (Å²) in [5, 5.41) is 0. The molecular weight excluding hydrogens is 380 g/mol. The minimum Gasteiger partial charge on any atom is -0.384 e. The number of nitrogens with zero attached hydrogens (tertiary/aromatic N) is 2. The largest absolute Gasteiger partial charge is 0.384 e. The number of aromatic nitrogens is 2. The van der Waals surface area contributed by atoms with Crippen molar-refractivity contribution in [2.24, 2.45) is 40.4 Å². The lowest BCUT2D eigenvalue weighted by Crippen LogP contribution is -2.56. The summed E-state index contributed by atoms with van der Waals surface area (Å²) >= 11 is 0. The van der Waals surface area contributed by atoms with Crippen molar-refractivity contribution < 1.29 is 4.74 Å². The average molecular weight is 421 g/mol. The Labute approximate surface area is 188 Å². The Morgan fingerprint density at radius 1 is 1.06 bits per heavy atom.